The third kappa shape index (κ3) is 8.53. The van der Waals surface area contributed by atoms with Crippen molar-refractivity contribution in [2.75, 3.05) is 0 Å². The smallest absolute Gasteiger partial charge is 0.320 e. The summed E-state index contributed by atoms with van der Waals surface area (Å²) in [6, 6.07) is 0. The van der Waals surface area contributed by atoms with Gasteiger partial charge in [-0.3, -0.25) is 10.8 Å². The molecule has 0 aliphatic heterocycles. The molecular weight excluding hydrogens is 1160 g/mol. The molecule has 420 valence electrons. The molecule has 48 heteroatoms. The van der Waals surface area contributed by atoms with Gasteiger partial charge in [0.15, 0.2) is 11.7 Å². The Morgan fingerprint density at radius 2 is 0.366 bits per heavy atom. The van der Waals surface area contributed by atoms with E-state index in [2.05, 4.69) is 0 Å². The van der Waals surface area contributed by atoms with Crippen LogP contribution >= 0.6 is 0 Å². The second-order valence-corrected chi connectivity index (χ2v) is 12.6. The summed E-state index contributed by atoms with van der Waals surface area (Å²) in [6.07, 6.45) is -16.6. The molecule has 6 nitrogen and oxygen atoms in total. The van der Waals surface area contributed by atoms with Crippen molar-refractivity contribution in [3.63, 3.8) is 0 Å². The number of alkyl halides is 40. The van der Waals surface area contributed by atoms with Gasteiger partial charge >= 0.3 is 113 Å². The Morgan fingerprint density at radius 3 is 0.535 bits per heavy atom. The predicted octanol–water partition coefficient (Wildman–Crippen LogP) is 12.6. The maximum atomic E-state index is 14.3. The van der Waals surface area contributed by atoms with Gasteiger partial charge in [-0.2, -0.15) is 176 Å². The Kier molecular flexibility index (Phi) is 16.1. The van der Waals surface area contributed by atoms with Crippen LogP contribution in [-0.2, 0) is 0 Å². The monoisotopic (exact) mass is 1160 g/mol. The Bertz CT molecular complexity index is 1910. The van der Waals surface area contributed by atoms with Crippen LogP contribution < -0.4 is 10.6 Å². The molecular formula is C23H4F42N6. The lowest BCUT2D eigenvalue weighted by atomic mass is 9.90. The highest BCUT2D eigenvalue weighted by Crippen LogP contribution is 2.65. The van der Waals surface area contributed by atoms with Gasteiger partial charge in [-0.1, -0.05) is 19.4 Å². The maximum Gasteiger partial charge on any atom is 0.460 e. The molecule has 0 rings (SSSR count). The van der Waals surface area contributed by atoms with Crippen molar-refractivity contribution < 1.29 is 185 Å². The molecule has 0 bridgehead atoms. The molecule has 0 unspecified atom stereocenters. The van der Waals surface area contributed by atoms with Crippen molar-refractivity contribution in [1.29, 1.82) is 10.8 Å². The lowest BCUT2D eigenvalue weighted by molar-refractivity contribution is -0.448. The van der Waals surface area contributed by atoms with Crippen LogP contribution in [0.3, 0.4) is 0 Å². The first-order chi connectivity index (χ1) is 30.2. The van der Waals surface area contributed by atoms with E-state index >= 15 is 0 Å². The van der Waals surface area contributed by atoms with E-state index in [0.717, 1.165) is 0 Å². The van der Waals surface area contributed by atoms with Crippen LogP contribution in [0.2, 0.25) is 0 Å². The summed E-state index contributed by atoms with van der Waals surface area (Å²) in [5, 5.41) is 9.27. The van der Waals surface area contributed by atoms with E-state index in [1.807, 2.05) is 0 Å². The standard InChI is InChI=1S/C23H4F42N6/c24-5(25,1(66)68-3(70-64)7(28,29)11(36,37)14(42,43)16(46,47)18(50,51)20(54,55)22(58,59)60)9(32,33)13(40,41)10(34,35)6(26,27)2(67)69-4(71-65)8(30,31)12(38,39)15(44,45)17(48,49)19(52,53)21(56,57)23(61,62)63/h(H2,66,68,70)(H2,67,69,71). The molecule has 0 saturated heterocycles. The molecule has 0 atom stereocenters. The molecule has 0 heterocycles. The van der Waals surface area contributed by atoms with Crippen molar-refractivity contribution in [1.82, 2.24) is 10.6 Å². The van der Waals surface area contributed by atoms with Crippen LogP contribution in [0.4, 0.5) is 185 Å². The molecule has 0 saturated carbocycles. The first kappa shape index (κ1) is 66.3. The minimum Gasteiger partial charge on any atom is -0.320 e. The number of halogens is 42. The number of nitrogens with zero attached hydrogens (tertiary/aromatic N) is 2. The number of nitrogens with one attached hydrogen (secondary N) is 4. The van der Waals surface area contributed by atoms with Crippen LogP contribution in [-0.4, -0.2) is 136 Å². The zero-order valence-electron chi connectivity index (χ0n) is 30.3. The molecule has 4 N–H and O–H groups in total. The van der Waals surface area contributed by atoms with Crippen molar-refractivity contribution in [2.24, 2.45) is 10.4 Å². The van der Waals surface area contributed by atoms with Crippen LogP contribution in [0.5, 0.6) is 0 Å². The minimum absolute atomic E-state index is 0.176. The molecule has 0 spiro atoms. The molecule has 0 aromatic carbocycles. The van der Waals surface area contributed by atoms with E-state index in [1.165, 1.54) is 0 Å². The van der Waals surface area contributed by atoms with Crippen LogP contribution in [0, 0.1) is 10.8 Å². The predicted molar refractivity (Wildman–Crippen MR) is 135 cm³/mol. The Hall–Kier alpha value is -4.66. The van der Waals surface area contributed by atoms with E-state index in [9.17, 15) is 185 Å². The normalized spacial score (nSPS) is 16.9. The van der Waals surface area contributed by atoms with Gasteiger partial charge in [-0.25, -0.2) is 0 Å². The molecule has 0 aliphatic carbocycles. The largest absolute Gasteiger partial charge is 0.460 e. The van der Waals surface area contributed by atoms with Gasteiger partial charge in [0, 0.05) is 0 Å². The quantitative estimate of drug-likeness (QED) is 0.0625. The fourth-order valence-electron chi connectivity index (χ4n) is 3.84. The number of rotatable bonds is 18. The number of hydrogen-bond donors (Lipinski definition) is 4. The molecule has 0 fully saturated rings. The second kappa shape index (κ2) is 17.2. The molecule has 0 aromatic rings. The van der Waals surface area contributed by atoms with E-state index in [0.29, 0.717) is 0 Å². The Labute approximate surface area is 354 Å². The van der Waals surface area contributed by atoms with E-state index in [4.69, 9.17) is 10.8 Å². The molecule has 0 radical (unpaired) electrons. The summed E-state index contributed by atoms with van der Waals surface area (Å²) >= 11 is 0. The highest BCUT2D eigenvalue weighted by atomic mass is 19.5. The van der Waals surface area contributed by atoms with E-state index in [-0.39, 0.29) is 10.4 Å². The summed E-state index contributed by atoms with van der Waals surface area (Å²) in [4.78, 5) is 0. The lowest BCUT2D eigenvalue weighted by Crippen LogP contribution is -2.75. The zero-order chi connectivity index (χ0) is 58.6. The molecule has 0 aliphatic rings. The fraction of sp³-hybridized carbons (Fsp3) is 0.826. The van der Waals surface area contributed by atoms with Crippen molar-refractivity contribution >= 4 is 23.3 Å². The van der Waals surface area contributed by atoms with Crippen LogP contribution in [0.15, 0.2) is 10.4 Å². The van der Waals surface area contributed by atoms with E-state index < -0.39 is 147 Å². The third-order valence-corrected chi connectivity index (χ3v) is 8.11. The van der Waals surface area contributed by atoms with Gasteiger partial charge in [0.1, 0.15) is 0 Å². The summed E-state index contributed by atoms with van der Waals surface area (Å²) in [5.41, 5.74) is 0. The third-order valence-electron chi connectivity index (χ3n) is 8.11. The summed E-state index contributed by atoms with van der Waals surface area (Å²) < 4.78 is 569. The van der Waals surface area contributed by atoms with Crippen LogP contribution in [0.1, 0.15) is 0 Å². The highest BCUT2D eigenvalue weighted by molar-refractivity contribution is 6.07. The van der Waals surface area contributed by atoms with Gasteiger partial charge < -0.3 is 10.6 Å². The molecule has 71 heavy (non-hydrogen) atoms. The van der Waals surface area contributed by atoms with Crippen molar-refractivity contribution in [2.45, 2.75) is 113 Å². The average Bonchev–Trinajstić information content (AvgIpc) is 3.16. The maximum absolute atomic E-state index is 14.3. The van der Waals surface area contributed by atoms with Gasteiger partial charge in [-0.15, -0.1) is 0 Å². The second-order valence-electron chi connectivity index (χ2n) is 12.6. The van der Waals surface area contributed by atoms with Crippen LogP contribution in [0.25, 0.3) is 0 Å². The SMILES string of the molecule is N=C(NC(=NF)C(F)(F)C(F)(F)C(F)(F)C(F)(F)C(F)(F)C(F)(F)C(F)(F)F)C(F)(F)C(F)(F)C(F)(F)C(F)(F)C(F)(F)C(=N)NC(=NF)C(F)(F)C(F)(F)C(F)(F)C(F)(F)C(F)(F)C(F)(F)C(F)(F)F. The summed E-state index contributed by atoms with van der Waals surface area (Å²) in [5.74, 6) is -175. The van der Waals surface area contributed by atoms with Gasteiger partial charge in [-0.05, 0) is 0 Å². The first-order valence-electron chi connectivity index (χ1n) is 14.8. The number of amidine groups is 4. The molecule has 0 amide bonds. The van der Waals surface area contributed by atoms with Gasteiger partial charge in [0.25, 0.3) is 0 Å². The lowest BCUT2D eigenvalue weighted by Gasteiger charge is -2.42. The minimum atomic E-state index is -9.41. The Balaban J connectivity index is 7.38. The zero-order valence-corrected chi connectivity index (χ0v) is 30.3. The van der Waals surface area contributed by atoms with Gasteiger partial charge in [0.2, 0.25) is 11.7 Å². The molecule has 0 aromatic heterocycles. The fourth-order valence-corrected chi connectivity index (χ4v) is 3.84. The average molecular weight is 1160 g/mol. The topological polar surface area (TPSA) is 96.5 Å². The Morgan fingerprint density at radius 1 is 0.225 bits per heavy atom. The van der Waals surface area contributed by atoms with E-state index in [1.54, 1.807) is 0 Å². The number of hydrogen-bond acceptors (Lipinski definition) is 4. The first-order valence-corrected chi connectivity index (χ1v) is 14.8. The summed E-state index contributed by atoms with van der Waals surface area (Å²) in [7, 11) is 0. The van der Waals surface area contributed by atoms with Crippen molar-refractivity contribution in [3.05, 3.63) is 0 Å². The highest BCUT2D eigenvalue weighted by Gasteiger charge is 2.96. The summed E-state index contributed by atoms with van der Waals surface area (Å²) in [6.45, 7) is 0. The van der Waals surface area contributed by atoms with Gasteiger partial charge in [0.05, 0.1) is 0 Å². The van der Waals surface area contributed by atoms with Crippen molar-refractivity contribution in [3.8, 4) is 0 Å².